The molecule has 2 heterocycles. The van der Waals surface area contributed by atoms with E-state index in [0.717, 1.165) is 12.3 Å². The molecule has 13 heavy (non-hydrogen) atoms. The Labute approximate surface area is 73.3 Å². The molecule has 0 radical (unpaired) electrons. The van der Waals surface area contributed by atoms with Crippen molar-refractivity contribution in [3.8, 4) is 6.01 Å². The Morgan fingerprint density at radius 2 is 2.23 bits per heavy atom. The first-order chi connectivity index (χ1) is 6.29. The Balaban J connectivity index is 0.000000145. The van der Waals surface area contributed by atoms with Gasteiger partial charge in [0.05, 0.1) is 6.33 Å². The highest BCUT2D eigenvalue weighted by molar-refractivity contribution is 4.92. The van der Waals surface area contributed by atoms with Gasteiger partial charge in [-0.3, -0.25) is 0 Å². The van der Waals surface area contributed by atoms with Crippen LogP contribution >= 0.6 is 0 Å². The Kier molecular flexibility index (Phi) is 3.37. The highest BCUT2D eigenvalue weighted by atomic mass is 19.1. The summed E-state index contributed by atoms with van der Waals surface area (Å²) >= 11 is 0. The third kappa shape index (κ3) is 3.80. The lowest BCUT2D eigenvalue weighted by Crippen LogP contribution is -1.82. The zero-order valence-corrected chi connectivity index (χ0v) is 6.55. The molecule has 68 valence electrons. The molecule has 2 rings (SSSR count). The number of halogens is 1. The molecule has 0 spiro atoms. The highest BCUT2D eigenvalue weighted by Crippen LogP contribution is 1.96. The number of imidazole rings is 1. The maximum atomic E-state index is 11.9. The summed E-state index contributed by atoms with van der Waals surface area (Å²) in [5.41, 5.74) is 0. The van der Waals surface area contributed by atoms with E-state index < -0.39 is 12.0 Å². The minimum Gasteiger partial charge on any atom is -0.479 e. The van der Waals surface area contributed by atoms with Crippen molar-refractivity contribution in [2.45, 2.75) is 0 Å². The summed E-state index contributed by atoms with van der Waals surface area (Å²) in [6.45, 7) is 0. The molecule has 0 aromatic carbocycles. The van der Waals surface area contributed by atoms with E-state index in [4.69, 9.17) is 5.11 Å². The lowest BCUT2D eigenvalue weighted by molar-refractivity contribution is 0.413. The Morgan fingerprint density at radius 1 is 1.38 bits per heavy atom. The van der Waals surface area contributed by atoms with Gasteiger partial charge >= 0.3 is 6.01 Å². The Morgan fingerprint density at radius 3 is 2.54 bits per heavy atom. The van der Waals surface area contributed by atoms with Gasteiger partial charge in [0.25, 0.3) is 0 Å². The minimum absolute atomic E-state index is 0.537. The van der Waals surface area contributed by atoms with Crippen LogP contribution < -0.4 is 0 Å². The summed E-state index contributed by atoms with van der Waals surface area (Å²) in [7, 11) is 0. The van der Waals surface area contributed by atoms with Crippen molar-refractivity contribution in [2.75, 3.05) is 0 Å². The van der Waals surface area contributed by atoms with Gasteiger partial charge in [-0.25, -0.2) is 9.97 Å². The summed E-state index contributed by atoms with van der Waals surface area (Å²) in [5.74, 6) is -0.725. The molecule has 0 unspecified atom stereocenters. The van der Waals surface area contributed by atoms with Crippen LogP contribution in [0.4, 0.5) is 4.39 Å². The van der Waals surface area contributed by atoms with Crippen LogP contribution in [0.1, 0.15) is 0 Å². The molecule has 0 aliphatic rings. The fraction of sp³-hybridized carbons (Fsp3) is 0. The quantitative estimate of drug-likeness (QED) is 0.589. The van der Waals surface area contributed by atoms with Gasteiger partial charge < -0.3 is 10.1 Å². The standard InChI is InChI=1S/C4H3FN2O.C3H4N2/c5-3-1-2-6-4(8)7-3;1-2-5-3-4-1/h1-2H,(H,6,7,8);1-3H,(H,4,5). The zero-order chi connectivity index (χ0) is 9.52. The van der Waals surface area contributed by atoms with Crippen LogP contribution in [0.5, 0.6) is 6.01 Å². The first-order valence-electron chi connectivity index (χ1n) is 3.39. The molecule has 0 aliphatic carbocycles. The van der Waals surface area contributed by atoms with Gasteiger partial charge in [0, 0.05) is 24.7 Å². The lowest BCUT2D eigenvalue weighted by atomic mass is 10.7. The van der Waals surface area contributed by atoms with Gasteiger partial charge in [-0.1, -0.05) is 0 Å². The van der Waals surface area contributed by atoms with Crippen LogP contribution in [0.3, 0.4) is 0 Å². The second kappa shape index (κ2) is 4.81. The fourth-order valence-electron chi connectivity index (χ4n) is 0.542. The predicted molar refractivity (Wildman–Crippen MR) is 42.2 cm³/mol. The SMILES string of the molecule is Oc1nccc(F)n1.c1c[nH]cn1. The lowest BCUT2D eigenvalue weighted by Gasteiger charge is -1.84. The van der Waals surface area contributed by atoms with Crippen LogP contribution in [0.25, 0.3) is 0 Å². The molecule has 0 saturated carbocycles. The molecule has 0 bridgehead atoms. The van der Waals surface area contributed by atoms with Gasteiger partial charge in [-0.2, -0.15) is 9.37 Å². The van der Waals surface area contributed by atoms with E-state index in [1.54, 1.807) is 18.7 Å². The average Bonchev–Trinajstić information content (AvgIpc) is 2.59. The Hall–Kier alpha value is -1.98. The number of hydrogen-bond donors (Lipinski definition) is 2. The average molecular weight is 182 g/mol. The summed E-state index contributed by atoms with van der Waals surface area (Å²) < 4.78 is 11.9. The van der Waals surface area contributed by atoms with E-state index in [1.165, 1.54) is 0 Å². The topological polar surface area (TPSA) is 74.7 Å². The zero-order valence-electron chi connectivity index (χ0n) is 6.55. The molecule has 2 aromatic heterocycles. The molecule has 2 N–H and O–H groups in total. The molecule has 2 aromatic rings. The molecule has 6 heteroatoms. The molecule has 0 fully saturated rings. The number of H-pyrrole nitrogens is 1. The maximum Gasteiger partial charge on any atom is 0.316 e. The number of aromatic hydroxyl groups is 1. The van der Waals surface area contributed by atoms with Gasteiger partial charge in [-0.15, -0.1) is 0 Å². The molecule has 0 atom stereocenters. The normalized spacial score (nSPS) is 8.69. The van der Waals surface area contributed by atoms with E-state index in [2.05, 4.69) is 19.9 Å². The summed E-state index contributed by atoms with van der Waals surface area (Å²) in [5, 5.41) is 8.35. The molecular formula is C7H7FN4O. The van der Waals surface area contributed by atoms with Gasteiger partial charge in [0.1, 0.15) is 0 Å². The van der Waals surface area contributed by atoms with Crippen molar-refractivity contribution in [3.05, 3.63) is 36.9 Å². The molecular weight excluding hydrogens is 175 g/mol. The monoisotopic (exact) mass is 182 g/mol. The minimum atomic E-state index is -0.725. The first kappa shape index (κ1) is 9.11. The number of hydrogen-bond acceptors (Lipinski definition) is 4. The summed E-state index contributed by atoms with van der Waals surface area (Å²) in [4.78, 5) is 12.6. The first-order valence-corrected chi connectivity index (χ1v) is 3.39. The van der Waals surface area contributed by atoms with Gasteiger partial charge in [-0.05, 0) is 0 Å². The summed E-state index contributed by atoms with van der Waals surface area (Å²) in [6.07, 6.45) is 6.22. The van der Waals surface area contributed by atoms with Crippen molar-refractivity contribution in [2.24, 2.45) is 0 Å². The van der Waals surface area contributed by atoms with Crippen LogP contribution in [0.15, 0.2) is 31.0 Å². The van der Waals surface area contributed by atoms with Crippen LogP contribution in [0, 0.1) is 5.95 Å². The second-order valence-corrected chi connectivity index (χ2v) is 1.94. The molecule has 0 amide bonds. The van der Waals surface area contributed by atoms with Crippen LogP contribution in [-0.4, -0.2) is 25.0 Å². The van der Waals surface area contributed by atoms with Crippen molar-refractivity contribution < 1.29 is 9.50 Å². The van der Waals surface area contributed by atoms with E-state index >= 15 is 0 Å². The van der Waals surface area contributed by atoms with E-state index in [0.29, 0.717) is 0 Å². The van der Waals surface area contributed by atoms with E-state index in [9.17, 15) is 4.39 Å². The third-order valence-corrected chi connectivity index (χ3v) is 1.01. The van der Waals surface area contributed by atoms with Gasteiger partial charge in [0.2, 0.25) is 5.95 Å². The fourth-order valence-corrected chi connectivity index (χ4v) is 0.542. The van der Waals surface area contributed by atoms with Crippen LogP contribution in [-0.2, 0) is 0 Å². The van der Waals surface area contributed by atoms with E-state index in [1.807, 2.05) is 0 Å². The number of nitrogens with zero attached hydrogens (tertiary/aromatic N) is 3. The maximum absolute atomic E-state index is 11.9. The number of aromatic nitrogens is 4. The molecule has 0 aliphatic heterocycles. The van der Waals surface area contributed by atoms with Crippen molar-refractivity contribution >= 4 is 0 Å². The third-order valence-electron chi connectivity index (χ3n) is 1.01. The molecule has 0 saturated heterocycles. The van der Waals surface area contributed by atoms with Crippen molar-refractivity contribution in [1.29, 1.82) is 0 Å². The number of nitrogens with one attached hydrogen (secondary N) is 1. The van der Waals surface area contributed by atoms with Crippen molar-refractivity contribution in [3.63, 3.8) is 0 Å². The number of aromatic amines is 1. The summed E-state index contributed by atoms with van der Waals surface area (Å²) in [6, 6.07) is 0.518. The predicted octanol–water partition coefficient (Wildman–Crippen LogP) is 0.731. The second-order valence-electron chi connectivity index (χ2n) is 1.94. The smallest absolute Gasteiger partial charge is 0.316 e. The van der Waals surface area contributed by atoms with Crippen molar-refractivity contribution in [1.82, 2.24) is 19.9 Å². The largest absolute Gasteiger partial charge is 0.479 e. The van der Waals surface area contributed by atoms with E-state index in [-0.39, 0.29) is 0 Å². The number of rotatable bonds is 0. The highest BCUT2D eigenvalue weighted by Gasteiger charge is 1.90. The van der Waals surface area contributed by atoms with Gasteiger partial charge in [0.15, 0.2) is 0 Å². The Bertz CT molecular complexity index is 304. The van der Waals surface area contributed by atoms with Crippen LogP contribution in [0.2, 0.25) is 0 Å². The molecule has 5 nitrogen and oxygen atoms in total.